The van der Waals surface area contributed by atoms with E-state index in [9.17, 15) is 4.79 Å². The highest BCUT2D eigenvalue weighted by Crippen LogP contribution is 2.29. The van der Waals surface area contributed by atoms with Gasteiger partial charge in [0.2, 0.25) is 5.82 Å². The van der Waals surface area contributed by atoms with E-state index < -0.39 is 5.24 Å². The molecule has 1 heterocycles. The second-order valence-electron chi connectivity index (χ2n) is 5.17. The lowest BCUT2D eigenvalue weighted by molar-refractivity contribution is 0.108. The van der Waals surface area contributed by atoms with E-state index in [1.165, 1.54) is 13.2 Å². The Morgan fingerprint density at radius 3 is 2.50 bits per heavy atom. The molecule has 2 aromatic carbocycles. The Hall–Kier alpha value is -3.06. The number of methoxy groups -OCH3 is 2. The van der Waals surface area contributed by atoms with Crippen molar-refractivity contribution in [3.05, 3.63) is 53.9 Å². The molecule has 8 heteroatoms. The molecule has 0 saturated heterocycles. The molecule has 0 spiro atoms. The molecule has 7 nitrogen and oxygen atoms in total. The summed E-state index contributed by atoms with van der Waals surface area (Å²) in [6.07, 6.45) is 0. The zero-order valence-electron chi connectivity index (χ0n) is 14.1. The van der Waals surface area contributed by atoms with Crippen LogP contribution in [0.15, 0.2) is 47.0 Å². The topological polar surface area (TPSA) is 83.7 Å². The van der Waals surface area contributed by atoms with Crippen molar-refractivity contribution in [2.75, 3.05) is 14.2 Å². The van der Waals surface area contributed by atoms with Crippen LogP contribution in [0.2, 0.25) is 0 Å². The number of aromatic nitrogens is 2. The summed E-state index contributed by atoms with van der Waals surface area (Å²) in [5, 5.41) is 3.34. The number of halogens is 1. The van der Waals surface area contributed by atoms with Gasteiger partial charge in [0.15, 0.2) is 18.1 Å². The molecule has 0 saturated carbocycles. The summed E-state index contributed by atoms with van der Waals surface area (Å²) in [7, 11) is 3.10. The van der Waals surface area contributed by atoms with Crippen LogP contribution in [0.1, 0.15) is 16.2 Å². The van der Waals surface area contributed by atoms with E-state index in [0.29, 0.717) is 22.9 Å². The minimum Gasteiger partial charge on any atom is -0.497 e. The Balaban J connectivity index is 1.73. The van der Waals surface area contributed by atoms with E-state index in [1.54, 1.807) is 31.4 Å². The number of ether oxygens (including phenoxy) is 3. The summed E-state index contributed by atoms with van der Waals surface area (Å²) in [5.41, 5.74) is 1.08. The number of carbonyl (C=O) groups excluding carboxylic acids is 1. The van der Waals surface area contributed by atoms with Crippen molar-refractivity contribution >= 4 is 16.8 Å². The Morgan fingerprint density at radius 1 is 1.08 bits per heavy atom. The second kappa shape index (κ2) is 7.88. The normalized spacial score (nSPS) is 10.4. The van der Waals surface area contributed by atoms with Gasteiger partial charge in [0, 0.05) is 11.1 Å². The number of hydrogen-bond donors (Lipinski definition) is 0. The second-order valence-corrected chi connectivity index (χ2v) is 5.51. The largest absolute Gasteiger partial charge is 0.497 e. The Labute approximate surface area is 154 Å². The van der Waals surface area contributed by atoms with Crippen LogP contribution >= 0.6 is 11.6 Å². The summed E-state index contributed by atoms with van der Waals surface area (Å²) >= 11 is 5.50. The van der Waals surface area contributed by atoms with Crippen LogP contribution in [0.25, 0.3) is 11.4 Å². The number of nitrogens with zero attached hydrogens (tertiary/aromatic N) is 2. The van der Waals surface area contributed by atoms with E-state index in [0.717, 1.165) is 11.3 Å². The monoisotopic (exact) mass is 374 g/mol. The average molecular weight is 375 g/mol. The van der Waals surface area contributed by atoms with Gasteiger partial charge in [0.05, 0.1) is 14.2 Å². The van der Waals surface area contributed by atoms with Crippen molar-refractivity contribution in [1.82, 2.24) is 10.1 Å². The number of rotatable bonds is 7. The molecule has 0 aliphatic carbocycles. The standard InChI is InChI=1S/C18H15ClN2O5/c1-23-13-6-3-11(4-7-13)18-20-16(26-21-18)10-25-15-9-12(17(19)22)5-8-14(15)24-2/h3-9H,10H2,1-2H3. The summed E-state index contributed by atoms with van der Waals surface area (Å²) in [6.45, 7) is 0.0133. The van der Waals surface area contributed by atoms with Crippen molar-refractivity contribution in [2.24, 2.45) is 0 Å². The van der Waals surface area contributed by atoms with Crippen LogP contribution in [-0.4, -0.2) is 29.6 Å². The minimum atomic E-state index is -0.586. The van der Waals surface area contributed by atoms with Gasteiger partial charge in [-0.05, 0) is 54.1 Å². The average Bonchev–Trinajstić information content (AvgIpc) is 3.15. The molecule has 0 bridgehead atoms. The van der Waals surface area contributed by atoms with Crippen LogP contribution in [0.4, 0.5) is 0 Å². The van der Waals surface area contributed by atoms with E-state index in [-0.39, 0.29) is 12.5 Å². The molecule has 0 atom stereocenters. The first-order valence-corrected chi connectivity index (χ1v) is 7.96. The van der Waals surface area contributed by atoms with Crippen LogP contribution in [0.3, 0.4) is 0 Å². The van der Waals surface area contributed by atoms with Gasteiger partial charge in [-0.1, -0.05) is 5.16 Å². The maximum atomic E-state index is 11.3. The molecule has 1 aromatic heterocycles. The highest BCUT2D eigenvalue weighted by molar-refractivity contribution is 6.67. The lowest BCUT2D eigenvalue weighted by Crippen LogP contribution is -2.00. The van der Waals surface area contributed by atoms with Gasteiger partial charge in [-0.2, -0.15) is 4.98 Å². The number of benzene rings is 2. The molecule has 3 aromatic rings. The maximum Gasteiger partial charge on any atom is 0.264 e. The third-order valence-corrected chi connectivity index (χ3v) is 3.78. The predicted octanol–water partition coefficient (Wildman–Crippen LogP) is 3.71. The van der Waals surface area contributed by atoms with Crippen molar-refractivity contribution in [3.8, 4) is 28.6 Å². The maximum absolute atomic E-state index is 11.3. The van der Waals surface area contributed by atoms with Crippen molar-refractivity contribution < 1.29 is 23.5 Å². The summed E-state index contributed by atoms with van der Waals surface area (Å²) in [5.74, 6) is 2.26. The van der Waals surface area contributed by atoms with Gasteiger partial charge in [0.1, 0.15) is 5.75 Å². The van der Waals surface area contributed by atoms with Crippen LogP contribution < -0.4 is 14.2 Å². The molecule has 0 fully saturated rings. The molecule has 134 valence electrons. The fraction of sp³-hybridized carbons (Fsp3) is 0.167. The zero-order chi connectivity index (χ0) is 18.5. The molecule has 3 rings (SSSR count). The lowest BCUT2D eigenvalue weighted by Gasteiger charge is -2.09. The van der Waals surface area contributed by atoms with Gasteiger partial charge >= 0.3 is 0 Å². The minimum absolute atomic E-state index is 0.0133. The molecular formula is C18H15ClN2O5. The van der Waals surface area contributed by atoms with Crippen molar-refractivity contribution in [3.63, 3.8) is 0 Å². The Morgan fingerprint density at radius 2 is 1.85 bits per heavy atom. The van der Waals surface area contributed by atoms with Crippen LogP contribution in [-0.2, 0) is 6.61 Å². The summed E-state index contributed by atoms with van der Waals surface area (Å²) < 4.78 is 21.2. The fourth-order valence-corrected chi connectivity index (χ4v) is 2.34. The fourth-order valence-electron chi connectivity index (χ4n) is 2.22. The van der Waals surface area contributed by atoms with E-state index in [1.807, 2.05) is 12.1 Å². The van der Waals surface area contributed by atoms with Crippen molar-refractivity contribution in [2.45, 2.75) is 6.61 Å². The SMILES string of the molecule is COc1ccc(-c2noc(COc3cc(C(=O)Cl)ccc3OC)n2)cc1. The van der Waals surface area contributed by atoms with Crippen LogP contribution in [0, 0.1) is 0 Å². The van der Waals surface area contributed by atoms with Crippen LogP contribution in [0.5, 0.6) is 17.2 Å². The van der Waals surface area contributed by atoms with Gasteiger partial charge in [0.25, 0.3) is 11.1 Å². The van der Waals surface area contributed by atoms with Gasteiger partial charge in [-0.15, -0.1) is 0 Å². The molecule has 0 N–H and O–H groups in total. The van der Waals surface area contributed by atoms with E-state index in [4.69, 9.17) is 30.3 Å². The third-order valence-electron chi connectivity index (χ3n) is 3.56. The van der Waals surface area contributed by atoms with Gasteiger partial charge < -0.3 is 18.7 Å². The van der Waals surface area contributed by atoms with E-state index in [2.05, 4.69) is 10.1 Å². The quantitative estimate of drug-likeness (QED) is 0.583. The summed E-state index contributed by atoms with van der Waals surface area (Å²) in [4.78, 5) is 15.6. The third kappa shape index (κ3) is 3.94. The number of hydrogen-bond acceptors (Lipinski definition) is 7. The first kappa shape index (κ1) is 17.8. The summed E-state index contributed by atoms with van der Waals surface area (Å²) in [6, 6.07) is 11.9. The molecule has 0 aliphatic heterocycles. The number of carbonyl (C=O) groups is 1. The molecule has 0 unspecified atom stereocenters. The molecule has 0 aliphatic rings. The molecule has 26 heavy (non-hydrogen) atoms. The Kier molecular flexibility index (Phi) is 5.38. The predicted molar refractivity (Wildman–Crippen MR) is 93.8 cm³/mol. The highest BCUT2D eigenvalue weighted by atomic mass is 35.5. The van der Waals surface area contributed by atoms with Crippen molar-refractivity contribution in [1.29, 1.82) is 0 Å². The Bertz CT molecular complexity index is 908. The van der Waals surface area contributed by atoms with E-state index >= 15 is 0 Å². The molecule has 0 amide bonds. The zero-order valence-corrected chi connectivity index (χ0v) is 14.8. The van der Waals surface area contributed by atoms with Gasteiger partial charge in [-0.3, -0.25) is 4.79 Å². The van der Waals surface area contributed by atoms with Gasteiger partial charge in [-0.25, -0.2) is 0 Å². The molecular weight excluding hydrogens is 360 g/mol. The first-order chi connectivity index (χ1) is 12.6. The smallest absolute Gasteiger partial charge is 0.264 e. The lowest BCUT2D eigenvalue weighted by atomic mass is 10.2. The molecule has 0 radical (unpaired) electrons. The first-order valence-electron chi connectivity index (χ1n) is 7.58. The highest BCUT2D eigenvalue weighted by Gasteiger charge is 2.13.